The van der Waals surface area contributed by atoms with Gasteiger partial charge in [0.2, 0.25) is 5.91 Å². The molecule has 1 N–H and O–H groups in total. The molecule has 2 saturated heterocycles. The number of hydrogen-bond acceptors (Lipinski definition) is 5. The average Bonchev–Trinajstić information content (AvgIpc) is 3.11. The zero-order valence-corrected chi connectivity index (χ0v) is 14.0. The first kappa shape index (κ1) is 18.6. The number of aromatic nitrogens is 2. The smallest absolute Gasteiger partial charge is 0.240 e. The fourth-order valence-electron chi connectivity index (χ4n) is 2.42. The third-order valence-electron chi connectivity index (χ3n) is 3.41. The number of nitrogens with one attached hydrogen (secondary N) is 1. The molecule has 21 heavy (non-hydrogen) atoms. The van der Waals surface area contributed by atoms with E-state index in [1.165, 1.54) is 0 Å². The van der Waals surface area contributed by atoms with E-state index >= 15 is 0 Å². The average molecular weight is 355 g/mol. The second kappa shape index (κ2) is 8.85. The summed E-state index contributed by atoms with van der Waals surface area (Å²) in [5.41, 5.74) is 0. The molecule has 2 unspecified atom stereocenters. The summed E-state index contributed by atoms with van der Waals surface area (Å²) in [4.78, 5) is 14.2. The Balaban J connectivity index is 0.00000110. The maximum absolute atomic E-state index is 12.3. The molecule has 2 aliphatic rings. The van der Waals surface area contributed by atoms with Crippen molar-refractivity contribution in [2.75, 3.05) is 31.3 Å². The lowest BCUT2D eigenvalue weighted by Gasteiger charge is -2.34. The Morgan fingerprint density at radius 2 is 2.33 bits per heavy atom. The maximum Gasteiger partial charge on any atom is 0.240 e. The van der Waals surface area contributed by atoms with Crippen molar-refractivity contribution in [1.29, 1.82) is 0 Å². The van der Waals surface area contributed by atoms with Crippen LogP contribution in [0.3, 0.4) is 0 Å². The van der Waals surface area contributed by atoms with Crippen molar-refractivity contribution in [3.63, 3.8) is 0 Å². The maximum atomic E-state index is 12.3. The van der Waals surface area contributed by atoms with E-state index in [-0.39, 0.29) is 42.9 Å². The molecule has 0 bridgehead atoms. The highest BCUT2D eigenvalue weighted by atomic mass is 35.5. The van der Waals surface area contributed by atoms with Crippen LogP contribution in [0.5, 0.6) is 0 Å². The SMILES string of the molecule is Cl.Cl.O=C(C1CSCN1)N1CCOC(Cn2cccn2)C1. The van der Waals surface area contributed by atoms with Crippen molar-refractivity contribution < 1.29 is 9.53 Å². The molecule has 2 fully saturated rings. The van der Waals surface area contributed by atoms with Gasteiger partial charge in [-0.05, 0) is 6.07 Å². The van der Waals surface area contributed by atoms with Gasteiger partial charge in [0.25, 0.3) is 0 Å². The van der Waals surface area contributed by atoms with Crippen molar-refractivity contribution in [3.8, 4) is 0 Å². The lowest BCUT2D eigenvalue weighted by Crippen LogP contribution is -2.52. The highest BCUT2D eigenvalue weighted by Gasteiger charge is 2.31. The summed E-state index contributed by atoms with van der Waals surface area (Å²) >= 11 is 1.78. The molecule has 0 aliphatic carbocycles. The quantitative estimate of drug-likeness (QED) is 0.861. The molecule has 6 nitrogen and oxygen atoms in total. The minimum absolute atomic E-state index is 0. The van der Waals surface area contributed by atoms with Crippen molar-refractivity contribution in [3.05, 3.63) is 18.5 Å². The molecular weight excluding hydrogens is 335 g/mol. The summed E-state index contributed by atoms with van der Waals surface area (Å²) in [6, 6.07) is 1.87. The van der Waals surface area contributed by atoms with Crippen LogP contribution in [0, 0.1) is 0 Å². The highest BCUT2D eigenvalue weighted by Crippen LogP contribution is 2.14. The third-order valence-corrected chi connectivity index (χ3v) is 4.35. The molecular formula is C12H20Cl2N4O2S. The number of nitrogens with zero attached hydrogens (tertiary/aromatic N) is 3. The van der Waals surface area contributed by atoms with E-state index in [0.717, 1.165) is 11.6 Å². The van der Waals surface area contributed by atoms with Gasteiger partial charge in [0, 0.05) is 37.1 Å². The van der Waals surface area contributed by atoms with E-state index in [4.69, 9.17) is 4.74 Å². The van der Waals surface area contributed by atoms with Crippen LogP contribution < -0.4 is 5.32 Å². The van der Waals surface area contributed by atoms with Crippen LogP contribution in [-0.4, -0.2) is 64.1 Å². The number of amides is 1. The third kappa shape index (κ3) is 4.75. The Kier molecular flexibility index (Phi) is 7.83. The van der Waals surface area contributed by atoms with Gasteiger partial charge in [-0.3, -0.25) is 14.8 Å². The lowest BCUT2D eigenvalue weighted by atomic mass is 10.2. The van der Waals surface area contributed by atoms with Gasteiger partial charge < -0.3 is 9.64 Å². The van der Waals surface area contributed by atoms with Gasteiger partial charge >= 0.3 is 0 Å². The van der Waals surface area contributed by atoms with E-state index in [9.17, 15) is 4.79 Å². The van der Waals surface area contributed by atoms with Gasteiger partial charge in [-0.25, -0.2) is 0 Å². The number of carbonyl (C=O) groups excluding carboxylic acids is 1. The van der Waals surface area contributed by atoms with Crippen LogP contribution in [0.2, 0.25) is 0 Å². The van der Waals surface area contributed by atoms with Gasteiger partial charge in [0.15, 0.2) is 0 Å². The number of rotatable bonds is 3. The van der Waals surface area contributed by atoms with E-state index in [0.29, 0.717) is 26.2 Å². The Labute approximate surface area is 140 Å². The van der Waals surface area contributed by atoms with E-state index in [1.807, 2.05) is 21.8 Å². The standard InChI is InChI=1S/C12H18N4O2S.2ClH/c17-12(11-8-19-9-13-11)15-4-5-18-10(6-15)7-16-3-1-2-14-16;;/h1-3,10-11,13H,4-9H2;2*1H. The van der Waals surface area contributed by atoms with Crippen LogP contribution in [-0.2, 0) is 16.1 Å². The number of thioether (sulfide) groups is 1. The van der Waals surface area contributed by atoms with E-state index in [1.54, 1.807) is 18.0 Å². The number of hydrogen-bond donors (Lipinski definition) is 1. The van der Waals surface area contributed by atoms with Crippen LogP contribution in [0.1, 0.15) is 0 Å². The Hall–Kier alpha value is -0.470. The predicted molar refractivity (Wildman–Crippen MR) is 87.3 cm³/mol. The fraction of sp³-hybridized carbons (Fsp3) is 0.667. The summed E-state index contributed by atoms with van der Waals surface area (Å²) in [5, 5.41) is 7.40. The highest BCUT2D eigenvalue weighted by molar-refractivity contribution is 7.99. The van der Waals surface area contributed by atoms with Gasteiger partial charge in [-0.1, -0.05) is 0 Å². The fourth-order valence-corrected chi connectivity index (χ4v) is 3.35. The van der Waals surface area contributed by atoms with Crippen molar-refractivity contribution >= 4 is 42.5 Å². The van der Waals surface area contributed by atoms with Crippen molar-refractivity contribution in [1.82, 2.24) is 20.0 Å². The van der Waals surface area contributed by atoms with Gasteiger partial charge in [-0.15, -0.1) is 36.6 Å². The van der Waals surface area contributed by atoms with Crippen LogP contribution in [0.4, 0.5) is 0 Å². The largest absolute Gasteiger partial charge is 0.373 e. The monoisotopic (exact) mass is 354 g/mol. The summed E-state index contributed by atoms with van der Waals surface area (Å²) in [5.74, 6) is 1.95. The van der Waals surface area contributed by atoms with Gasteiger partial charge in [0.05, 0.1) is 25.3 Å². The first-order valence-corrected chi connectivity index (χ1v) is 7.67. The molecule has 2 atom stereocenters. The number of morpholine rings is 1. The molecule has 9 heteroatoms. The molecule has 1 aromatic rings. The molecule has 3 rings (SSSR count). The summed E-state index contributed by atoms with van der Waals surface area (Å²) in [6.45, 7) is 2.65. The van der Waals surface area contributed by atoms with Crippen LogP contribution >= 0.6 is 36.6 Å². The van der Waals surface area contributed by atoms with Crippen LogP contribution in [0.15, 0.2) is 18.5 Å². The molecule has 0 spiro atoms. The summed E-state index contributed by atoms with van der Waals surface area (Å²) in [7, 11) is 0. The predicted octanol–water partition coefficient (Wildman–Crippen LogP) is 0.617. The topological polar surface area (TPSA) is 59.4 Å². The lowest BCUT2D eigenvalue weighted by molar-refractivity contribution is -0.140. The second-order valence-corrected chi connectivity index (χ2v) is 5.81. The Bertz CT molecular complexity index is 429. The number of carbonyl (C=O) groups is 1. The Morgan fingerprint density at radius 3 is 3.00 bits per heavy atom. The molecule has 1 amide bonds. The Morgan fingerprint density at radius 1 is 1.48 bits per heavy atom. The molecule has 0 radical (unpaired) electrons. The van der Waals surface area contributed by atoms with Crippen LogP contribution in [0.25, 0.3) is 0 Å². The zero-order valence-electron chi connectivity index (χ0n) is 11.5. The summed E-state index contributed by atoms with van der Waals surface area (Å²) < 4.78 is 7.56. The van der Waals surface area contributed by atoms with Crippen molar-refractivity contribution in [2.45, 2.75) is 18.7 Å². The zero-order chi connectivity index (χ0) is 13.1. The first-order chi connectivity index (χ1) is 9.33. The number of halogens is 2. The van der Waals surface area contributed by atoms with E-state index in [2.05, 4.69) is 10.4 Å². The number of ether oxygens (including phenoxy) is 1. The van der Waals surface area contributed by atoms with E-state index < -0.39 is 0 Å². The van der Waals surface area contributed by atoms with Crippen molar-refractivity contribution in [2.24, 2.45) is 0 Å². The molecule has 120 valence electrons. The minimum Gasteiger partial charge on any atom is -0.373 e. The minimum atomic E-state index is -0.0200. The molecule has 0 saturated carbocycles. The second-order valence-electron chi connectivity index (χ2n) is 4.78. The van der Waals surface area contributed by atoms with Gasteiger partial charge in [-0.2, -0.15) is 5.10 Å². The molecule has 2 aliphatic heterocycles. The molecule has 0 aromatic carbocycles. The summed E-state index contributed by atoms with van der Waals surface area (Å²) in [6.07, 6.45) is 3.71. The normalized spacial score (nSPS) is 25.0. The van der Waals surface area contributed by atoms with Gasteiger partial charge in [0.1, 0.15) is 0 Å². The molecule has 1 aromatic heterocycles. The molecule has 3 heterocycles. The first-order valence-electron chi connectivity index (χ1n) is 6.52.